The van der Waals surface area contributed by atoms with Crippen LogP contribution in [0.3, 0.4) is 0 Å². The van der Waals surface area contributed by atoms with Crippen molar-refractivity contribution in [1.82, 2.24) is 9.62 Å². The molecule has 3 rings (SSSR count). The van der Waals surface area contributed by atoms with Gasteiger partial charge >= 0.3 is 6.09 Å². The lowest BCUT2D eigenvalue weighted by Gasteiger charge is -2.39. The maximum absolute atomic E-state index is 14.9. The second-order valence-corrected chi connectivity index (χ2v) is 11.9. The summed E-state index contributed by atoms with van der Waals surface area (Å²) in [5, 5.41) is 10.8. The van der Waals surface area contributed by atoms with Gasteiger partial charge in [0.15, 0.2) is 0 Å². The van der Waals surface area contributed by atoms with Gasteiger partial charge in [-0.1, -0.05) is 0 Å². The number of hydrogen-bond acceptors (Lipinski definition) is 7. The Morgan fingerprint density at radius 1 is 1.14 bits per heavy atom. The van der Waals surface area contributed by atoms with E-state index in [1.807, 2.05) is 0 Å². The Hall–Kier alpha value is -2.38. The van der Waals surface area contributed by atoms with Crippen molar-refractivity contribution in [2.45, 2.75) is 94.0 Å². The predicted molar refractivity (Wildman–Crippen MR) is 126 cm³/mol. The lowest BCUT2D eigenvalue weighted by atomic mass is 9.89. The van der Waals surface area contributed by atoms with E-state index in [2.05, 4.69) is 4.72 Å². The number of nitro groups is 1. The lowest BCUT2D eigenvalue weighted by Crippen LogP contribution is -2.58. The highest BCUT2D eigenvalue weighted by Gasteiger charge is 2.50. The molecule has 10 nitrogen and oxygen atoms in total. The van der Waals surface area contributed by atoms with Gasteiger partial charge in [0.05, 0.1) is 22.0 Å². The Labute approximate surface area is 209 Å². The molecule has 1 aliphatic carbocycles. The summed E-state index contributed by atoms with van der Waals surface area (Å²) in [5.74, 6) is -3.34. The number of halogens is 2. The minimum atomic E-state index is -4.39. The van der Waals surface area contributed by atoms with Gasteiger partial charge in [0.25, 0.3) is 11.6 Å². The minimum Gasteiger partial charge on any atom is -0.444 e. The van der Waals surface area contributed by atoms with Crippen LogP contribution in [0.15, 0.2) is 29.2 Å². The van der Waals surface area contributed by atoms with Crippen molar-refractivity contribution < 1.29 is 36.4 Å². The fraction of sp³-hybridized carbons (Fsp3) is 0.696. The van der Waals surface area contributed by atoms with E-state index < -0.39 is 57.2 Å². The first-order valence-electron chi connectivity index (χ1n) is 12.0. The molecule has 1 heterocycles. The number of ether oxygens (including phenoxy) is 2. The highest BCUT2D eigenvalue weighted by atomic mass is 32.2. The molecule has 202 valence electrons. The van der Waals surface area contributed by atoms with Crippen molar-refractivity contribution in [3.63, 3.8) is 0 Å². The molecule has 1 N–H and O–H groups in total. The van der Waals surface area contributed by atoms with Gasteiger partial charge in [0.1, 0.15) is 11.6 Å². The van der Waals surface area contributed by atoms with Gasteiger partial charge in [0.2, 0.25) is 10.0 Å². The number of likely N-dealkylation sites (tertiary alicyclic amines) is 1. The van der Waals surface area contributed by atoms with Crippen molar-refractivity contribution in [3.8, 4) is 0 Å². The Morgan fingerprint density at radius 3 is 2.42 bits per heavy atom. The van der Waals surface area contributed by atoms with Crippen LogP contribution in [0.25, 0.3) is 0 Å². The van der Waals surface area contributed by atoms with Gasteiger partial charge in [-0.15, -0.1) is 0 Å². The molecular weight excluding hydrogens is 500 g/mol. The largest absolute Gasteiger partial charge is 0.444 e. The zero-order valence-electron chi connectivity index (χ0n) is 20.6. The first-order chi connectivity index (χ1) is 16.7. The number of nitrogens with one attached hydrogen (secondary N) is 1. The van der Waals surface area contributed by atoms with Crippen LogP contribution >= 0.6 is 0 Å². The van der Waals surface area contributed by atoms with E-state index in [9.17, 15) is 32.1 Å². The second-order valence-electron chi connectivity index (χ2n) is 10.2. The van der Waals surface area contributed by atoms with E-state index >= 15 is 0 Å². The standard InChI is InChI=1S/C23H33F2N3O7S/c1-22(2,3)35-21(29)27-14-5-6-17(12-15-27)34-19-7-4-13-23(24,25)20(19)26-36(32,33)18-10-8-16(9-11-18)28(30)31/h8-11,17,19-20,26H,4-7,12-15H2,1-3H3/t17-,19-,20+/m0/s1. The van der Waals surface area contributed by atoms with Gasteiger partial charge < -0.3 is 14.4 Å². The lowest BCUT2D eigenvalue weighted by molar-refractivity contribution is -0.384. The fourth-order valence-electron chi connectivity index (χ4n) is 4.38. The van der Waals surface area contributed by atoms with E-state index in [0.29, 0.717) is 32.4 Å². The third-order valence-corrected chi connectivity index (χ3v) is 7.62. The third-order valence-electron chi connectivity index (χ3n) is 6.16. The van der Waals surface area contributed by atoms with Crippen LogP contribution in [-0.2, 0) is 19.5 Å². The summed E-state index contributed by atoms with van der Waals surface area (Å²) < 4.78 is 69.2. The van der Waals surface area contributed by atoms with Crippen LogP contribution in [0.5, 0.6) is 0 Å². The Kier molecular flexibility index (Phi) is 8.56. The monoisotopic (exact) mass is 533 g/mol. The second kappa shape index (κ2) is 10.9. The first-order valence-corrected chi connectivity index (χ1v) is 13.4. The molecule has 0 unspecified atom stereocenters. The van der Waals surface area contributed by atoms with Crippen molar-refractivity contribution in [3.05, 3.63) is 34.4 Å². The molecule has 1 saturated carbocycles. The summed E-state index contributed by atoms with van der Waals surface area (Å²) in [6, 6.07) is 2.23. The number of benzene rings is 1. The first kappa shape index (κ1) is 28.2. The van der Waals surface area contributed by atoms with Gasteiger partial charge in [-0.3, -0.25) is 10.1 Å². The molecule has 0 radical (unpaired) electrons. The number of hydrogen-bond donors (Lipinski definition) is 1. The molecule has 3 atom stereocenters. The molecule has 1 aromatic rings. The predicted octanol–water partition coefficient (Wildman–Crippen LogP) is 4.24. The molecule has 1 aromatic carbocycles. The van der Waals surface area contributed by atoms with E-state index in [-0.39, 0.29) is 23.4 Å². The summed E-state index contributed by atoms with van der Waals surface area (Å²) in [5.41, 5.74) is -0.951. The van der Waals surface area contributed by atoms with E-state index in [1.54, 1.807) is 25.7 Å². The quantitative estimate of drug-likeness (QED) is 0.428. The third kappa shape index (κ3) is 7.32. The topological polar surface area (TPSA) is 128 Å². The van der Waals surface area contributed by atoms with E-state index in [0.717, 1.165) is 24.3 Å². The zero-order chi connectivity index (χ0) is 26.7. The number of nitro benzene ring substituents is 1. The maximum atomic E-state index is 14.9. The smallest absolute Gasteiger partial charge is 0.410 e. The maximum Gasteiger partial charge on any atom is 0.410 e. The Balaban J connectivity index is 1.70. The number of carbonyl (C=O) groups is 1. The van der Waals surface area contributed by atoms with Crippen molar-refractivity contribution >= 4 is 21.8 Å². The van der Waals surface area contributed by atoms with Crippen molar-refractivity contribution in [2.24, 2.45) is 0 Å². The molecule has 0 spiro atoms. The summed E-state index contributed by atoms with van der Waals surface area (Å²) in [6.45, 7) is 6.11. The van der Waals surface area contributed by atoms with E-state index in [4.69, 9.17) is 9.47 Å². The number of nitrogens with zero attached hydrogens (tertiary/aromatic N) is 2. The molecule has 1 saturated heterocycles. The van der Waals surface area contributed by atoms with Gasteiger partial charge in [-0.05, 0) is 65.0 Å². The summed E-state index contributed by atoms with van der Waals surface area (Å²) in [4.78, 5) is 23.8. The number of sulfonamides is 1. The molecule has 0 aromatic heterocycles. The van der Waals surface area contributed by atoms with Gasteiger partial charge in [0, 0.05) is 31.6 Å². The number of alkyl halides is 2. The normalized spacial score (nSPS) is 25.1. The number of non-ortho nitro benzene ring substituents is 1. The van der Waals surface area contributed by atoms with Gasteiger partial charge in [-0.25, -0.2) is 22.0 Å². The van der Waals surface area contributed by atoms with Crippen LogP contribution in [0.1, 0.15) is 59.3 Å². The average molecular weight is 534 g/mol. The van der Waals surface area contributed by atoms with Gasteiger partial charge in [-0.2, -0.15) is 4.72 Å². The molecule has 2 aliphatic rings. The summed E-state index contributed by atoms with van der Waals surface area (Å²) in [7, 11) is -4.39. The van der Waals surface area contributed by atoms with Crippen LogP contribution in [0.4, 0.5) is 19.3 Å². The highest BCUT2D eigenvalue weighted by Crippen LogP contribution is 2.37. The Bertz CT molecular complexity index is 1040. The Morgan fingerprint density at radius 2 is 1.81 bits per heavy atom. The van der Waals surface area contributed by atoms with Crippen LogP contribution in [0.2, 0.25) is 0 Å². The van der Waals surface area contributed by atoms with E-state index in [1.165, 1.54) is 0 Å². The SMILES string of the molecule is CC(C)(C)OC(=O)N1CCC[C@H](O[C@H]2CCCC(F)(F)[C@@H]2NS(=O)(=O)c2ccc([N+](=O)[O-])cc2)CC1. The van der Waals surface area contributed by atoms with Crippen LogP contribution in [-0.4, -0.2) is 67.2 Å². The van der Waals surface area contributed by atoms with Crippen molar-refractivity contribution in [2.75, 3.05) is 13.1 Å². The molecule has 2 fully saturated rings. The summed E-state index contributed by atoms with van der Waals surface area (Å²) >= 11 is 0. The number of carbonyl (C=O) groups excluding carboxylic acids is 1. The average Bonchev–Trinajstić information content (AvgIpc) is 3.00. The highest BCUT2D eigenvalue weighted by molar-refractivity contribution is 7.89. The number of rotatable bonds is 6. The fourth-order valence-corrected chi connectivity index (χ4v) is 5.67. The summed E-state index contributed by atoms with van der Waals surface area (Å²) in [6.07, 6.45) is -0.487. The molecule has 1 amide bonds. The molecule has 36 heavy (non-hydrogen) atoms. The minimum absolute atomic E-state index is 0.171. The molecule has 1 aliphatic heterocycles. The zero-order valence-corrected chi connectivity index (χ0v) is 21.4. The number of amides is 1. The van der Waals surface area contributed by atoms with Crippen LogP contribution in [0, 0.1) is 10.1 Å². The van der Waals surface area contributed by atoms with Crippen LogP contribution < -0.4 is 4.72 Å². The molecule has 13 heteroatoms. The molecule has 0 bridgehead atoms. The molecular formula is C23H33F2N3O7S. The van der Waals surface area contributed by atoms with Crippen molar-refractivity contribution in [1.29, 1.82) is 0 Å².